The fraction of sp³-hybridized carbons (Fsp3) is 0.500. The molecule has 2 aromatic heterocycles. The van der Waals surface area contributed by atoms with Gasteiger partial charge in [-0.05, 0) is 55.5 Å². The van der Waals surface area contributed by atoms with Crippen LogP contribution in [0.2, 0.25) is 0 Å². The highest BCUT2D eigenvalue weighted by Gasteiger charge is 2.27. The van der Waals surface area contributed by atoms with Crippen molar-refractivity contribution < 1.29 is 13.7 Å². The predicted octanol–water partition coefficient (Wildman–Crippen LogP) is 3.51. The van der Waals surface area contributed by atoms with Gasteiger partial charge in [-0.2, -0.15) is 0 Å². The lowest BCUT2D eigenvalue weighted by molar-refractivity contribution is 0.111. The third-order valence-electron chi connectivity index (χ3n) is 6.13. The van der Waals surface area contributed by atoms with Crippen molar-refractivity contribution in [3.05, 3.63) is 47.4 Å². The average Bonchev–Trinajstić information content (AvgIpc) is 3.26. The summed E-state index contributed by atoms with van der Waals surface area (Å²) in [4.78, 5) is 4.56. The molecule has 0 aliphatic carbocycles. The lowest BCUT2D eigenvalue weighted by Gasteiger charge is -2.25. The molecule has 4 unspecified atom stereocenters. The number of benzene rings is 1. The summed E-state index contributed by atoms with van der Waals surface area (Å²) in [6, 6.07) is 6.30. The molecule has 2 aliphatic heterocycles. The molecule has 158 valence electrons. The first-order valence-corrected chi connectivity index (χ1v) is 11.9. The number of hydrogen-bond donors (Lipinski definition) is 0. The molecule has 30 heavy (non-hydrogen) atoms. The first-order valence-electron chi connectivity index (χ1n) is 10.5. The first-order chi connectivity index (χ1) is 14.6. The molecule has 3 aromatic rings. The van der Waals surface area contributed by atoms with E-state index in [-0.39, 0.29) is 17.4 Å². The summed E-state index contributed by atoms with van der Waals surface area (Å²) in [5.74, 6) is 1.53. The SMILES string of the molecule is CC(Oc1ccc2ncc3c(c2c1)CCOC3)c1cn(C2CCS(=O)C(C)C2)nn1. The monoisotopic (exact) mass is 426 g/mol. The van der Waals surface area contributed by atoms with Crippen LogP contribution in [0.15, 0.2) is 30.6 Å². The van der Waals surface area contributed by atoms with Crippen molar-refractivity contribution in [3.63, 3.8) is 0 Å². The number of hydrogen-bond acceptors (Lipinski definition) is 6. The van der Waals surface area contributed by atoms with Gasteiger partial charge in [0.15, 0.2) is 0 Å². The Labute approximate surface area is 178 Å². The van der Waals surface area contributed by atoms with E-state index in [1.54, 1.807) is 0 Å². The van der Waals surface area contributed by atoms with Crippen LogP contribution < -0.4 is 4.74 Å². The molecule has 0 amide bonds. The van der Waals surface area contributed by atoms with Gasteiger partial charge >= 0.3 is 0 Å². The van der Waals surface area contributed by atoms with Crippen molar-refractivity contribution in [1.29, 1.82) is 0 Å². The van der Waals surface area contributed by atoms with Crippen molar-refractivity contribution >= 4 is 21.7 Å². The van der Waals surface area contributed by atoms with Gasteiger partial charge in [0.2, 0.25) is 0 Å². The number of pyridine rings is 1. The Kier molecular flexibility index (Phi) is 5.28. The van der Waals surface area contributed by atoms with Crippen LogP contribution in [0.3, 0.4) is 0 Å². The molecule has 8 heteroatoms. The lowest BCUT2D eigenvalue weighted by atomic mass is 10.00. The normalized spacial score (nSPS) is 25.1. The van der Waals surface area contributed by atoms with E-state index in [0.717, 1.165) is 59.5 Å². The molecule has 0 radical (unpaired) electrons. The molecular weight excluding hydrogens is 400 g/mol. The molecule has 0 bridgehead atoms. The maximum atomic E-state index is 11.9. The maximum absolute atomic E-state index is 11.9. The van der Waals surface area contributed by atoms with Crippen molar-refractivity contribution in [1.82, 2.24) is 20.0 Å². The largest absolute Gasteiger partial charge is 0.484 e. The zero-order valence-electron chi connectivity index (χ0n) is 17.3. The van der Waals surface area contributed by atoms with Crippen molar-refractivity contribution in [2.75, 3.05) is 12.4 Å². The minimum Gasteiger partial charge on any atom is -0.484 e. The summed E-state index contributed by atoms with van der Waals surface area (Å²) in [6.45, 7) is 5.40. The van der Waals surface area contributed by atoms with Crippen molar-refractivity contribution in [2.45, 2.75) is 57.1 Å². The van der Waals surface area contributed by atoms with Gasteiger partial charge in [-0.3, -0.25) is 9.19 Å². The number of nitrogens with zero attached hydrogens (tertiary/aromatic N) is 4. The van der Waals surface area contributed by atoms with Gasteiger partial charge in [-0.25, -0.2) is 4.68 Å². The van der Waals surface area contributed by atoms with E-state index in [2.05, 4.69) is 21.4 Å². The van der Waals surface area contributed by atoms with Gasteiger partial charge < -0.3 is 9.47 Å². The molecule has 1 fully saturated rings. The molecule has 1 saturated heterocycles. The van der Waals surface area contributed by atoms with Crippen LogP contribution >= 0.6 is 0 Å². The Bertz CT molecular complexity index is 1100. The molecule has 7 nitrogen and oxygen atoms in total. The summed E-state index contributed by atoms with van der Waals surface area (Å²) in [7, 11) is -0.720. The van der Waals surface area contributed by atoms with Crippen LogP contribution in [-0.2, 0) is 28.6 Å². The fourth-order valence-electron chi connectivity index (χ4n) is 4.34. The zero-order chi connectivity index (χ0) is 20.7. The van der Waals surface area contributed by atoms with Crippen LogP contribution in [0.4, 0.5) is 0 Å². The van der Waals surface area contributed by atoms with Gasteiger partial charge in [-0.15, -0.1) is 5.10 Å². The molecule has 0 N–H and O–H groups in total. The highest BCUT2D eigenvalue weighted by Crippen LogP contribution is 2.31. The second kappa shape index (κ2) is 8.07. The summed E-state index contributed by atoms with van der Waals surface area (Å²) in [5.41, 5.74) is 4.24. The van der Waals surface area contributed by atoms with Crippen molar-refractivity contribution in [3.8, 4) is 5.75 Å². The molecule has 0 spiro atoms. The van der Waals surface area contributed by atoms with Gasteiger partial charge in [0.05, 0.1) is 31.0 Å². The minimum atomic E-state index is -0.720. The number of ether oxygens (including phenoxy) is 2. The van der Waals surface area contributed by atoms with E-state index >= 15 is 0 Å². The first kappa shape index (κ1) is 19.6. The second-order valence-electron chi connectivity index (χ2n) is 8.20. The molecule has 0 saturated carbocycles. The lowest BCUT2D eigenvalue weighted by Crippen LogP contribution is -2.28. The average molecular weight is 427 g/mol. The Balaban J connectivity index is 1.34. The second-order valence-corrected chi connectivity index (χ2v) is 10.2. The summed E-state index contributed by atoms with van der Waals surface area (Å²) < 4.78 is 25.6. The van der Waals surface area contributed by atoms with Crippen LogP contribution in [0.1, 0.15) is 55.7 Å². The Morgan fingerprint density at radius 3 is 3.13 bits per heavy atom. The van der Waals surface area contributed by atoms with Crippen LogP contribution in [0, 0.1) is 0 Å². The van der Waals surface area contributed by atoms with Crippen LogP contribution in [0.5, 0.6) is 5.75 Å². The van der Waals surface area contributed by atoms with Gasteiger partial charge in [-0.1, -0.05) is 12.1 Å². The highest BCUT2D eigenvalue weighted by atomic mass is 32.2. The third-order valence-corrected chi connectivity index (χ3v) is 7.86. The molecule has 4 heterocycles. The van der Waals surface area contributed by atoms with E-state index in [0.29, 0.717) is 6.61 Å². The van der Waals surface area contributed by atoms with E-state index in [4.69, 9.17) is 9.47 Å². The number of aromatic nitrogens is 4. The third kappa shape index (κ3) is 3.74. The van der Waals surface area contributed by atoms with E-state index < -0.39 is 10.8 Å². The van der Waals surface area contributed by atoms with E-state index in [1.807, 2.05) is 43.1 Å². The molecule has 5 rings (SSSR count). The smallest absolute Gasteiger partial charge is 0.141 e. The predicted molar refractivity (Wildman–Crippen MR) is 115 cm³/mol. The summed E-state index contributed by atoms with van der Waals surface area (Å²) >= 11 is 0. The molecule has 4 atom stereocenters. The van der Waals surface area contributed by atoms with Gasteiger partial charge in [0.25, 0.3) is 0 Å². The standard InChI is InChI=1S/C22H26N4O3S/c1-14-9-17(6-8-30(14)27)26-12-22(24-25-26)15(2)29-18-3-4-21-20(10-18)19-5-7-28-13-16(19)11-23-21/h3-4,10-12,14-15,17H,5-9,13H2,1-2H3. The Hall–Kier alpha value is -2.32. The van der Waals surface area contributed by atoms with Crippen molar-refractivity contribution in [2.24, 2.45) is 0 Å². The van der Waals surface area contributed by atoms with Gasteiger partial charge in [0, 0.05) is 33.4 Å². The highest BCUT2D eigenvalue weighted by molar-refractivity contribution is 7.85. The fourth-order valence-corrected chi connectivity index (χ4v) is 5.68. The number of fused-ring (bicyclic) bond motifs is 3. The molecular formula is C22H26N4O3S. The molecule has 1 aromatic carbocycles. The summed E-state index contributed by atoms with van der Waals surface area (Å²) in [5, 5.41) is 10.0. The zero-order valence-corrected chi connectivity index (χ0v) is 18.1. The molecule has 2 aliphatic rings. The van der Waals surface area contributed by atoms with E-state index in [1.165, 1.54) is 5.56 Å². The topological polar surface area (TPSA) is 79.1 Å². The Morgan fingerprint density at radius 2 is 2.27 bits per heavy atom. The summed E-state index contributed by atoms with van der Waals surface area (Å²) in [6.07, 6.45) is 6.31. The van der Waals surface area contributed by atoms with Gasteiger partial charge in [0.1, 0.15) is 17.5 Å². The quantitative estimate of drug-likeness (QED) is 0.635. The maximum Gasteiger partial charge on any atom is 0.141 e. The Morgan fingerprint density at radius 1 is 1.37 bits per heavy atom. The van der Waals surface area contributed by atoms with Crippen LogP contribution in [-0.4, -0.2) is 41.8 Å². The van der Waals surface area contributed by atoms with E-state index in [9.17, 15) is 4.21 Å². The van der Waals surface area contributed by atoms with Crippen LogP contribution in [0.25, 0.3) is 10.9 Å². The number of rotatable bonds is 4. The minimum absolute atomic E-state index is 0.201.